The van der Waals surface area contributed by atoms with E-state index in [9.17, 15) is 22.4 Å². The first-order valence-electron chi connectivity index (χ1n) is 4.01. The highest BCUT2D eigenvalue weighted by Crippen LogP contribution is 2.31. The maximum Gasteiger partial charge on any atom is 0.416 e. The minimum Gasteiger partial charge on any atom is -0.479 e. The second-order valence-corrected chi connectivity index (χ2v) is 2.97. The van der Waals surface area contributed by atoms with E-state index < -0.39 is 35.2 Å². The van der Waals surface area contributed by atoms with E-state index in [1.807, 2.05) is 0 Å². The average molecular weight is 238 g/mol. The van der Waals surface area contributed by atoms with Gasteiger partial charge in [0.1, 0.15) is 5.82 Å². The normalized spacial score (nSPS) is 13.6. The zero-order valence-corrected chi connectivity index (χ0v) is 7.62. The molecule has 0 fully saturated rings. The summed E-state index contributed by atoms with van der Waals surface area (Å²) < 4.78 is 49.4. The molecule has 1 atom stereocenters. The summed E-state index contributed by atoms with van der Waals surface area (Å²) in [7, 11) is 0. The summed E-state index contributed by atoms with van der Waals surface area (Å²) >= 11 is 0. The van der Waals surface area contributed by atoms with Crippen molar-refractivity contribution in [3.05, 3.63) is 35.1 Å². The van der Waals surface area contributed by atoms with Crippen molar-refractivity contribution < 1.29 is 32.6 Å². The number of halogens is 4. The summed E-state index contributed by atoms with van der Waals surface area (Å²) in [5, 5.41) is 17.3. The van der Waals surface area contributed by atoms with Gasteiger partial charge >= 0.3 is 12.1 Å². The molecule has 16 heavy (non-hydrogen) atoms. The molecule has 0 radical (unpaired) electrons. The third-order valence-corrected chi connectivity index (χ3v) is 1.86. The van der Waals surface area contributed by atoms with Gasteiger partial charge in [0.2, 0.25) is 0 Å². The van der Waals surface area contributed by atoms with Crippen LogP contribution in [0.25, 0.3) is 0 Å². The number of carboxylic acid groups (broad SMARTS) is 1. The van der Waals surface area contributed by atoms with Crippen LogP contribution in [0.2, 0.25) is 0 Å². The van der Waals surface area contributed by atoms with Gasteiger partial charge in [0.05, 0.1) is 5.56 Å². The minimum absolute atomic E-state index is 0.140. The Morgan fingerprint density at radius 3 is 2.25 bits per heavy atom. The van der Waals surface area contributed by atoms with Crippen molar-refractivity contribution in [2.75, 3.05) is 0 Å². The van der Waals surface area contributed by atoms with E-state index in [2.05, 4.69) is 0 Å². The first kappa shape index (κ1) is 12.4. The Labute approximate surface area is 86.9 Å². The molecule has 1 aromatic rings. The number of carbonyl (C=O) groups is 1. The van der Waals surface area contributed by atoms with E-state index in [-0.39, 0.29) is 6.07 Å². The third-order valence-electron chi connectivity index (χ3n) is 1.86. The number of carboxylic acids is 1. The molecule has 1 aromatic carbocycles. The van der Waals surface area contributed by atoms with Crippen molar-refractivity contribution in [1.29, 1.82) is 0 Å². The number of benzene rings is 1. The average Bonchev–Trinajstić information content (AvgIpc) is 2.15. The second kappa shape index (κ2) is 4.09. The van der Waals surface area contributed by atoms with Gasteiger partial charge in [0.25, 0.3) is 0 Å². The van der Waals surface area contributed by atoms with Crippen LogP contribution < -0.4 is 0 Å². The number of hydrogen-bond donors (Lipinski definition) is 2. The molecule has 0 aliphatic heterocycles. The van der Waals surface area contributed by atoms with Crippen molar-refractivity contribution >= 4 is 5.97 Å². The molecule has 3 nitrogen and oxygen atoms in total. The smallest absolute Gasteiger partial charge is 0.416 e. The van der Waals surface area contributed by atoms with Gasteiger partial charge in [-0.25, -0.2) is 9.18 Å². The number of aliphatic carboxylic acids is 1. The Balaban J connectivity index is 3.15. The Hall–Kier alpha value is -1.63. The van der Waals surface area contributed by atoms with Crippen LogP contribution in [0.3, 0.4) is 0 Å². The standard InChI is InChI=1S/C9H6F4O3/c10-6-3-4(9(11,12)13)1-2-5(6)7(14)8(15)16/h1-3,7,14H,(H,15,16)/t7-/m1/s1. The van der Waals surface area contributed by atoms with Crippen LogP contribution in [0.1, 0.15) is 17.2 Å². The van der Waals surface area contributed by atoms with Gasteiger partial charge in [-0.2, -0.15) is 13.2 Å². The quantitative estimate of drug-likeness (QED) is 0.774. The molecular formula is C9H6F4O3. The second-order valence-electron chi connectivity index (χ2n) is 2.97. The van der Waals surface area contributed by atoms with Crippen LogP contribution in [-0.2, 0) is 11.0 Å². The molecular weight excluding hydrogens is 232 g/mol. The number of hydrogen-bond acceptors (Lipinski definition) is 2. The molecule has 1 rings (SSSR count). The van der Waals surface area contributed by atoms with Gasteiger partial charge in [-0.05, 0) is 12.1 Å². The summed E-state index contributed by atoms with van der Waals surface area (Å²) in [6, 6.07) is 1.24. The lowest BCUT2D eigenvalue weighted by Gasteiger charge is -2.10. The lowest BCUT2D eigenvalue weighted by atomic mass is 10.1. The number of alkyl halides is 3. The summed E-state index contributed by atoms with van der Waals surface area (Å²) in [6.07, 6.45) is -6.89. The van der Waals surface area contributed by atoms with E-state index in [1.165, 1.54) is 0 Å². The number of rotatable bonds is 2. The largest absolute Gasteiger partial charge is 0.479 e. The van der Waals surface area contributed by atoms with Crippen LogP contribution in [0.15, 0.2) is 18.2 Å². The summed E-state index contributed by atoms with van der Waals surface area (Å²) in [5.74, 6) is -3.15. The summed E-state index contributed by atoms with van der Waals surface area (Å²) in [5.41, 5.74) is -1.95. The van der Waals surface area contributed by atoms with Crippen LogP contribution in [-0.4, -0.2) is 16.2 Å². The molecule has 88 valence electrons. The fraction of sp³-hybridized carbons (Fsp3) is 0.222. The monoisotopic (exact) mass is 238 g/mol. The molecule has 2 N–H and O–H groups in total. The van der Waals surface area contributed by atoms with E-state index in [0.717, 1.165) is 0 Å². The Kier molecular flexibility index (Phi) is 3.18. The summed E-state index contributed by atoms with van der Waals surface area (Å²) in [6.45, 7) is 0. The Morgan fingerprint density at radius 1 is 1.31 bits per heavy atom. The Morgan fingerprint density at radius 2 is 1.88 bits per heavy atom. The van der Waals surface area contributed by atoms with Gasteiger partial charge < -0.3 is 10.2 Å². The molecule has 0 heterocycles. The first-order chi connectivity index (χ1) is 7.23. The van der Waals surface area contributed by atoms with Gasteiger partial charge in [0, 0.05) is 5.56 Å². The molecule has 0 saturated heterocycles. The minimum atomic E-state index is -4.71. The highest BCUT2D eigenvalue weighted by atomic mass is 19.4. The van der Waals surface area contributed by atoms with E-state index >= 15 is 0 Å². The van der Waals surface area contributed by atoms with E-state index in [0.29, 0.717) is 12.1 Å². The van der Waals surface area contributed by atoms with Crippen LogP contribution in [0.5, 0.6) is 0 Å². The van der Waals surface area contributed by atoms with Crippen LogP contribution in [0.4, 0.5) is 17.6 Å². The zero-order chi connectivity index (χ0) is 12.5. The molecule has 0 amide bonds. The fourth-order valence-corrected chi connectivity index (χ4v) is 1.06. The highest BCUT2D eigenvalue weighted by Gasteiger charge is 2.32. The maximum absolute atomic E-state index is 13.1. The molecule has 0 saturated carbocycles. The number of aliphatic hydroxyl groups excluding tert-OH is 1. The van der Waals surface area contributed by atoms with Gasteiger partial charge in [-0.3, -0.25) is 0 Å². The molecule has 0 aromatic heterocycles. The first-order valence-corrected chi connectivity index (χ1v) is 4.01. The van der Waals surface area contributed by atoms with Gasteiger partial charge in [-0.1, -0.05) is 6.07 Å². The molecule has 7 heteroatoms. The lowest BCUT2D eigenvalue weighted by Crippen LogP contribution is -2.13. The SMILES string of the molecule is O=C(O)[C@H](O)c1ccc(C(F)(F)F)cc1F. The molecule has 0 aliphatic rings. The predicted octanol–water partition coefficient (Wildman–Crippen LogP) is 1.96. The fourth-order valence-electron chi connectivity index (χ4n) is 1.06. The zero-order valence-electron chi connectivity index (χ0n) is 7.62. The van der Waals surface area contributed by atoms with E-state index in [1.54, 1.807) is 0 Å². The molecule has 0 bridgehead atoms. The van der Waals surface area contributed by atoms with Crippen molar-refractivity contribution in [2.45, 2.75) is 12.3 Å². The molecule has 0 aliphatic carbocycles. The number of aliphatic hydroxyl groups is 1. The molecule has 0 unspecified atom stereocenters. The topological polar surface area (TPSA) is 57.5 Å². The van der Waals surface area contributed by atoms with Crippen molar-refractivity contribution in [3.63, 3.8) is 0 Å². The van der Waals surface area contributed by atoms with Crippen molar-refractivity contribution in [1.82, 2.24) is 0 Å². The van der Waals surface area contributed by atoms with E-state index in [4.69, 9.17) is 10.2 Å². The van der Waals surface area contributed by atoms with Crippen molar-refractivity contribution in [3.8, 4) is 0 Å². The maximum atomic E-state index is 13.1. The van der Waals surface area contributed by atoms with Crippen molar-refractivity contribution in [2.24, 2.45) is 0 Å². The third kappa shape index (κ3) is 2.48. The predicted molar refractivity (Wildman–Crippen MR) is 44.0 cm³/mol. The summed E-state index contributed by atoms with van der Waals surface area (Å²) in [4.78, 5) is 10.3. The van der Waals surface area contributed by atoms with Gasteiger partial charge in [0.15, 0.2) is 6.10 Å². The van der Waals surface area contributed by atoms with Crippen LogP contribution >= 0.6 is 0 Å². The lowest BCUT2D eigenvalue weighted by molar-refractivity contribution is -0.147. The molecule has 0 spiro atoms. The highest BCUT2D eigenvalue weighted by molar-refractivity contribution is 5.74. The Bertz CT molecular complexity index is 414. The van der Waals surface area contributed by atoms with Gasteiger partial charge in [-0.15, -0.1) is 0 Å². The van der Waals surface area contributed by atoms with Crippen LogP contribution in [0, 0.1) is 5.82 Å².